The number of hydrogen-bond acceptors (Lipinski definition) is 5. The predicted molar refractivity (Wildman–Crippen MR) is 92.2 cm³/mol. The molecule has 0 amide bonds. The number of aryl methyl sites for hydroxylation is 1. The van der Waals surface area contributed by atoms with Crippen molar-refractivity contribution in [2.75, 3.05) is 4.72 Å². The van der Waals surface area contributed by atoms with Gasteiger partial charge in [0.1, 0.15) is 9.73 Å². The Morgan fingerprint density at radius 2 is 2.14 bits per heavy atom. The number of aromatic nitrogens is 1. The lowest BCUT2D eigenvalue weighted by molar-refractivity contribution is 0.603. The number of nitrogens with one attached hydrogen (secondary N) is 1. The first-order valence-electron chi connectivity index (χ1n) is 5.69. The Kier molecular flexibility index (Phi) is 4.00. The highest BCUT2D eigenvalue weighted by Gasteiger charge is 2.21. The Bertz CT molecular complexity index is 914. The maximum absolute atomic E-state index is 12.5. The number of fused-ring (bicyclic) bond motifs is 1. The number of benzene rings is 1. The van der Waals surface area contributed by atoms with Crippen molar-refractivity contribution in [3.8, 4) is 0 Å². The van der Waals surface area contributed by atoms with Crippen molar-refractivity contribution >= 4 is 76.1 Å². The third-order valence-corrected chi connectivity index (χ3v) is 7.86. The smallest absolute Gasteiger partial charge is 0.271 e. The molecule has 0 saturated carbocycles. The summed E-state index contributed by atoms with van der Waals surface area (Å²) in [5, 5.41) is 0.323. The SMILES string of the molecule is Cc1cc(S(=O)(=O)Nc2c(Cl)ccc3scnc23)sc1Br. The van der Waals surface area contributed by atoms with E-state index in [9.17, 15) is 8.42 Å². The predicted octanol–water partition coefficient (Wildman–Crippen LogP) is 4.88. The summed E-state index contributed by atoms with van der Waals surface area (Å²) in [5.41, 5.74) is 3.41. The Balaban J connectivity index is 2.09. The summed E-state index contributed by atoms with van der Waals surface area (Å²) < 4.78 is 29.4. The van der Waals surface area contributed by atoms with E-state index in [4.69, 9.17) is 11.6 Å². The molecule has 21 heavy (non-hydrogen) atoms. The van der Waals surface area contributed by atoms with Crippen LogP contribution >= 0.6 is 50.2 Å². The van der Waals surface area contributed by atoms with E-state index in [0.29, 0.717) is 16.2 Å². The molecule has 0 aliphatic rings. The highest BCUT2D eigenvalue weighted by Crippen LogP contribution is 2.36. The first-order valence-corrected chi connectivity index (χ1v) is 10.0. The molecule has 0 bridgehead atoms. The van der Waals surface area contributed by atoms with Crippen LogP contribution in [0, 0.1) is 6.92 Å². The number of nitrogens with zero attached hydrogens (tertiary/aromatic N) is 1. The number of anilines is 1. The largest absolute Gasteiger partial charge is 0.275 e. The maximum Gasteiger partial charge on any atom is 0.271 e. The van der Waals surface area contributed by atoms with Crippen LogP contribution in [0.25, 0.3) is 10.2 Å². The first kappa shape index (κ1) is 15.2. The minimum atomic E-state index is -3.69. The third-order valence-electron chi connectivity index (χ3n) is 2.79. The molecule has 110 valence electrons. The van der Waals surface area contributed by atoms with Crippen molar-refractivity contribution < 1.29 is 8.42 Å². The van der Waals surface area contributed by atoms with Crippen molar-refractivity contribution in [2.24, 2.45) is 0 Å². The highest BCUT2D eigenvalue weighted by molar-refractivity contribution is 9.11. The van der Waals surface area contributed by atoms with Crippen molar-refractivity contribution in [1.82, 2.24) is 4.98 Å². The minimum absolute atomic E-state index is 0.232. The van der Waals surface area contributed by atoms with E-state index in [1.165, 1.54) is 11.3 Å². The first-order chi connectivity index (χ1) is 9.88. The highest BCUT2D eigenvalue weighted by atomic mass is 79.9. The summed E-state index contributed by atoms with van der Waals surface area (Å²) >= 11 is 12.0. The molecule has 3 rings (SSSR count). The number of halogens is 2. The van der Waals surface area contributed by atoms with E-state index in [0.717, 1.165) is 25.4 Å². The van der Waals surface area contributed by atoms with Gasteiger partial charge in [-0.25, -0.2) is 13.4 Å². The molecular formula is C12H8BrClN2O2S3. The average molecular weight is 424 g/mol. The fraction of sp³-hybridized carbons (Fsp3) is 0.0833. The number of hydrogen-bond donors (Lipinski definition) is 1. The van der Waals surface area contributed by atoms with Crippen LogP contribution in [0.5, 0.6) is 0 Å². The van der Waals surface area contributed by atoms with Gasteiger partial charge in [0.2, 0.25) is 0 Å². The second-order valence-corrected chi connectivity index (χ2v) is 9.82. The van der Waals surface area contributed by atoms with Gasteiger partial charge in [-0.05, 0) is 46.6 Å². The molecule has 0 unspecified atom stereocenters. The monoisotopic (exact) mass is 422 g/mol. The van der Waals surface area contributed by atoms with Gasteiger partial charge in [0.25, 0.3) is 10.0 Å². The molecule has 9 heteroatoms. The fourth-order valence-corrected chi connectivity index (χ4v) is 6.01. The number of thiazole rings is 1. The van der Waals surface area contributed by atoms with Gasteiger partial charge in [-0.2, -0.15) is 0 Å². The molecule has 0 spiro atoms. The lowest BCUT2D eigenvalue weighted by Gasteiger charge is -2.08. The van der Waals surface area contributed by atoms with Crippen molar-refractivity contribution in [3.63, 3.8) is 0 Å². The van der Waals surface area contributed by atoms with Gasteiger partial charge in [-0.15, -0.1) is 22.7 Å². The van der Waals surface area contributed by atoms with E-state index in [1.807, 2.05) is 13.0 Å². The Labute approximate surface area is 143 Å². The Hall–Kier alpha value is -0.670. The van der Waals surface area contributed by atoms with Gasteiger partial charge in [0.05, 0.1) is 24.7 Å². The zero-order valence-electron chi connectivity index (χ0n) is 10.6. The van der Waals surface area contributed by atoms with Gasteiger partial charge >= 0.3 is 0 Å². The summed E-state index contributed by atoms with van der Waals surface area (Å²) in [7, 11) is -3.69. The van der Waals surface area contributed by atoms with Gasteiger partial charge in [-0.1, -0.05) is 11.6 Å². The van der Waals surface area contributed by atoms with E-state index < -0.39 is 10.0 Å². The lowest BCUT2D eigenvalue weighted by atomic mass is 10.3. The van der Waals surface area contributed by atoms with Crippen LogP contribution in [0.3, 0.4) is 0 Å². The van der Waals surface area contributed by atoms with Crippen molar-refractivity contribution in [1.29, 1.82) is 0 Å². The molecule has 2 aromatic heterocycles. The number of thiophene rings is 1. The van der Waals surface area contributed by atoms with Crippen LogP contribution in [-0.2, 0) is 10.0 Å². The molecule has 0 radical (unpaired) electrons. The normalized spacial score (nSPS) is 12.0. The zero-order chi connectivity index (χ0) is 15.2. The molecule has 0 fully saturated rings. The number of rotatable bonds is 3. The molecule has 0 aliphatic heterocycles. The maximum atomic E-state index is 12.5. The van der Waals surface area contributed by atoms with Crippen LogP contribution in [0.1, 0.15) is 5.56 Å². The molecular weight excluding hydrogens is 416 g/mol. The summed E-state index contributed by atoms with van der Waals surface area (Å²) in [5.74, 6) is 0. The fourth-order valence-electron chi connectivity index (χ4n) is 1.75. The van der Waals surface area contributed by atoms with Crippen LogP contribution in [0.4, 0.5) is 5.69 Å². The summed E-state index contributed by atoms with van der Waals surface area (Å²) in [6.45, 7) is 1.84. The molecule has 1 aromatic carbocycles. The molecule has 2 heterocycles. The van der Waals surface area contributed by atoms with Crippen LogP contribution in [0.15, 0.2) is 31.7 Å². The van der Waals surface area contributed by atoms with Crippen LogP contribution < -0.4 is 4.72 Å². The lowest BCUT2D eigenvalue weighted by Crippen LogP contribution is -2.12. The van der Waals surface area contributed by atoms with E-state index >= 15 is 0 Å². The molecule has 1 N–H and O–H groups in total. The van der Waals surface area contributed by atoms with E-state index in [2.05, 4.69) is 25.6 Å². The van der Waals surface area contributed by atoms with E-state index in [1.54, 1.807) is 17.6 Å². The standard InChI is InChI=1S/C12H8BrClN2O2S3/c1-6-4-9(20-12(6)13)21(17,18)16-10-7(14)2-3-8-11(10)15-5-19-8/h2-5,16H,1H3. The zero-order valence-corrected chi connectivity index (χ0v) is 15.3. The Morgan fingerprint density at radius 3 is 2.81 bits per heavy atom. The second-order valence-electron chi connectivity index (χ2n) is 4.25. The quantitative estimate of drug-likeness (QED) is 0.653. The number of sulfonamides is 1. The van der Waals surface area contributed by atoms with E-state index in [-0.39, 0.29) is 4.21 Å². The summed E-state index contributed by atoms with van der Waals surface area (Å²) in [6, 6.07) is 5.10. The minimum Gasteiger partial charge on any atom is -0.275 e. The average Bonchev–Trinajstić information content (AvgIpc) is 3.01. The molecule has 4 nitrogen and oxygen atoms in total. The topological polar surface area (TPSA) is 59.1 Å². The van der Waals surface area contributed by atoms with Crippen LogP contribution in [-0.4, -0.2) is 13.4 Å². The van der Waals surface area contributed by atoms with Gasteiger partial charge < -0.3 is 0 Å². The van der Waals surface area contributed by atoms with Crippen molar-refractivity contribution in [2.45, 2.75) is 11.1 Å². The van der Waals surface area contributed by atoms with Gasteiger partial charge in [-0.3, -0.25) is 4.72 Å². The molecule has 0 saturated heterocycles. The second kappa shape index (κ2) is 5.51. The van der Waals surface area contributed by atoms with Gasteiger partial charge in [0.15, 0.2) is 0 Å². The Morgan fingerprint density at radius 1 is 1.38 bits per heavy atom. The molecule has 3 aromatic rings. The van der Waals surface area contributed by atoms with Gasteiger partial charge in [0, 0.05) is 0 Å². The molecule has 0 aliphatic carbocycles. The molecule has 0 atom stereocenters. The van der Waals surface area contributed by atoms with Crippen molar-refractivity contribution in [3.05, 3.63) is 38.1 Å². The summed E-state index contributed by atoms with van der Waals surface area (Å²) in [6.07, 6.45) is 0. The third kappa shape index (κ3) is 2.83. The summed E-state index contributed by atoms with van der Waals surface area (Å²) in [4.78, 5) is 4.18. The van der Waals surface area contributed by atoms with Crippen LogP contribution in [0.2, 0.25) is 5.02 Å².